The zero-order valence-corrected chi connectivity index (χ0v) is 26.7. The maximum atomic E-state index is 13.5. The van der Waals surface area contributed by atoms with Gasteiger partial charge in [-0.25, -0.2) is 0 Å². The summed E-state index contributed by atoms with van der Waals surface area (Å²) in [5, 5.41) is 9.21. The predicted octanol–water partition coefficient (Wildman–Crippen LogP) is 5.25. The molecule has 2 amide bonds. The Balaban J connectivity index is 1.26. The highest BCUT2D eigenvalue weighted by Crippen LogP contribution is 2.50. The van der Waals surface area contributed by atoms with Gasteiger partial charge in [-0.1, -0.05) is 12.5 Å². The number of amides is 2. The molecule has 3 aromatic rings. The monoisotopic (exact) mass is 631 g/mol. The lowest BCUT2D eigenvalue weighted by atomic mass is 9.95. The molecular weight excluding hydrogens is 590 g/mol. The average molecular weight is 632 g/mol. The second-order valence-corrected chi connectivity index (χ2v) is 11.2. The van der Waals surface area contributed by atoms with Crippen LogP contribution in [0.15, 0.2) is 47.3 Å². The number of anilines is 2. The van der Waals surface area contributed by atoms with E-state index in [-0.39, 0.29) is 23.3 Å². The van der Waals surface area contributed by atoms with Crippen molar-refractivity contribution in [3.63, 3.8) is 0 Å². The number of unbranched alkanes of at least 4 members (excludes halogenated alkanes) is 2. The van der Waals surface area contributed by atoms with Gasteiger partial charge < -0.3 is 39.6 Å². The summed E-state index contributed by atoms with van der Waals surface area (Å²) in [4.78, 5) is 38.1. The van der Waals surface area contributed by atoms with E-state index >= 15 is 0 Å². The quantitative estimate of drug-likeness (QED) is 0.229. The maximum absolute atomic E-state index is 13.5. The molecule has 244 valence electrons. The van der Waals surface area contributed by atoms with Gasteiger partial charge in [-0.2, -0.15) is 0 Å². The minimum atomic E-state index is -0.372. The number of rotatable bonds is 12. The van der Waals surface area contributed by atoms with Crippen LogP contribution in [0.2, 0.25) is 0 Å². The van der Waals surface area contributed by atoms with E-state index in [2.05, 4.69) is 16.0 Å². The summed E-state index contributed by atoms with van der Waals surface area (Å²) in [5.41, 5.74) is 4.20. The van der Waals surface area contributed by atoms with Crippen molar-refractivity contribution in [2.75, 3.05) is 51.7 Å². The van der Waals surface area contributed by atoms with E-state index in [0.29, 0.717) is 91.1 Å². The Labute approximate surface area is 268 Å². The molecule has 0 unspecified atom stereocenters. The smallest absolute Gasteiger partial charge is 0.224 e. The van der Waals surface area contributed by atoms with Gasteiger partial charge in [0.2, 0.25) is 23.0 Å². The summed E-state index contributed by atoms with van der Waals surface area (Å²) in [6, 6.07) is 12.2. The van der Waals surface area contributed by atoms with E-state index < -0.39 is 0 Å². The molecule has 0 spiro atoms. The molecule has 0 aromatic heterocycles. The normalized spacial score (nSPS) is 14.6. The number of aryl methyl sites for hydroxylation is 1. The molecule has 1 atom stereocenters. The lowest BCUT2D eigenvalue weighted by Crippen LogP contribution is -2.26. The third kappa shape index (κ3) is 7.30. The molecule has 0 bridgehead atoms. The van der Waals surface area contributed by atoms with Crippen LogP contribution < -0.4 is 45.1 Å². The van der Waals surface area contributed by atoms with Crippen molar-refractivity contribution >= 4 is 23.2 Å². The van der Waals surface area contributed by atoms with E-state index in [1.807, 2.05) is 12.1 Å². The van der Waals surface area contributed by atoms with Gasteiger partial charge in [-0.05, 0) is 72.7 Å². The summed E-state index contributed by atoms with van der Waals surface area (Å²) in [6.45, 7) is 3.04. The Morgan fingerprint density at radius 3 is 2.41 bits per heavy atom. The van der Waals surface area contributed by atoms with Gasteiger partial charge in [-0.15, -0.1) is 0 Å². The average Bonchev–Trinajstić information content (AvgIpc) is 3.29. The molecule has 3 N–H and O–H groups in total. The molecule has 1 aliphatic carbocycles. The Kier molecular flexibility index (Phi) is 10.5. The van der Waals surface area contributed by atoms with Crippen LogP contribution in [-0.4, -0.2) is 52.9 Å². The number of hydrogen-bond donors (Lipinski definition) is 3. The highest BCUT2D eigenvalue weighted by molar-refractivity contribution is 5.91. The number of benzene rings is 2. The molecule has 46 heavy (non-hydrogen) atoms. The number of fused-ring (bicyclic) bond motifs is 4. The van der Waals surface area contributed by atoms with Gasteiger partial charge in [0.15, 0.2) is 23.0 Å². The third-order valence-electron chi connectivity index (χ3n) is 8.14. The summed E-state index contributed by atoms with van der Waals surface area (Å²) >= 11 is 0. The Morgan fingerprint density at radius 1 is 0.891 bits per heavy atom. The molecule has 1 heterocycles. The highest BCUT2D eigenvalue weighted by Gasteiger charge is 2.29. The van der Waals surface area contributed by atoms with Crippen molar-refractivity contribution < 1.29 is 33.3 Å². The van der Waals surface area contributed by atoms with Crippen molar-refractivity contribution in [3.8, 4) is 39.9 Å². The fourth-order valence-corrected chi connectivity index (χ4v) is 6.01. The van der Waals surface area contributed by atoms with Crippen LogP contribution >= 0.6 is 0 Å². The first-order valence-electron chi connectivity index (χ1n) is 15.5. The van der Waals surface area contributed by atoms with E-state index in [1.54, 1.807) is 51.7 Å². The molecular formula is C35H41N3O8. The van der Waals surface area contributed by atoms with Gasteiger partial charge in [0, 0.05) is 37.2 Å². The lowest BCUT2D eigenvalue weighted by molar-refractivity contribution is -0.119. The van der Waals surface area contributed by atoms with Gasteiger partial charge in [0.1, 0.15) is 13.2 Å². The maximum Gasteiger partial charge on any atom is 0.224 e. The van der Waals surface area contributed by atoms with Crippen molar-refractivity contribution in [1.29, 1.82) is 0 Å². The van der Waals surface area contributed by atoms with E-state index in [1.165, 1.54) is 6.92 Å². The second-order valence-electron chi connectivity index (χ2n) is 11.2. The summed E-state index contributed by atoms with van der Waals surface area (Å²) < 4.78 is 28.2. The fourth-order valence-electron chi connectivity index (χ4n) is 6.01. The van der Waals surface area contributed by atoms with E-state index in [9.17, 15) is 14.4 Å². The molecule has 0 saturated carbocycles. The molecule has 0 radical (unpaired) electrons. The van der Waals surface area contributed by atoms with E-state index in [0.717, 1.165) is 29.5 Å². The number of carbonyl (C=O) groups is 2. The third-order valence-corrected chi connectivity index (χ3v) is 8.14. The first-order chi connectivity index (χ1) is 22.3. The van der Waals surface area contributed by atoms with Crippen LogP contribution in [0.25, 0.3) is 11.1 Å². The Morgan fingerprint density at radius 2 is 1.67 bits per heavy atom. The molecule has 11 nitrogen and oxygen atoms in total. The first kappa shape index (κ1) is 32.5. The summed E-state index contributed by atoms with van der Waals surface area (Å²) in [6.07, 6.45) is 3.89. The molecule has 0 saturated heterocycles. The number of hydrogen-bond acceptors (Lipinski definition) is 9. The van der Waals surface area contributed by atoms with Gasteiger partial charge in [-0.3, -0.25) is 14.4 Å². The second kappa shape index (κ2) is 14.9. The number of nitrogens with one attached hydrogen (secondary N) is 3. The molecule has 0 fully saturated rings. The predicted molar refractivity (Wildman–Crippen MR) is 176 cm³/mol. The SMILES string of the molecule is COc1cc2c(c(OC)c1OC)-c1ccc(NCCCCCC(=O)Nc3ccc4c(c3)OCCO4)c(=O)cc1[C@@H](NC(C)=O)CC2. The first-order valence-corrected chi connectivity index (χ1v) is 15.5. The molecule has 2 aliphatic rings. The molecule has 3 aromatic carbocycles. The van der Waals surface area contributed by atoms with Crippen molar-refractivity contribution in [2.45, 2.75) is 51.5 Å². The van der Waals surface area contributed by atoms with Crippen LogP contribution in [0.3, 0.4) is 0 Å². The van der Waals surface area contributed by atoms with Gasteiger partial charge >= 0.3 is 0 Å². The minimum absolute atomic E-state index is 0.0678. The van der Waals surface area contributed by atoms with Gasteiger partial charge in [0.05, 0.1) is 33.1 Å². The zero-order chi connectivity index (χ0) is 32.6. The number of ether oxygens (including phenoxy) is 5. The minimum Gasteiger partial charge on any atom is -0.493 e. The van der Waals surface area contributed by atoms with Crippen molar-refractivity contribution in [2.24, 2.45) is 0 Å². The molecule has 11 heteroatoms. The summed E-state index contributed by atoms with van der Waals surface area (Å²) in [7, 11) is 4.71. The number of carbonyl (C=O) groups excluding carboxylic acids is 2. The molecule has 1 aliphatic heterocycles. The zero-order valence-electron chi connectivity index (χ0n) is 26.7. The fraction of sp³-hybridized carbons (Fsp3) is 0.400. The van der Waals surface area contributed by atoms with E-state index in [4.69, 9.17) is 23.7 Å². The van der Waals surface area contributed by atoms with Crippen LogP contribution in [0.1, 0.15) is 56.2 Å². The van der Waals surface area contributed by atoms with Crippen LogP contribution in [0.4, 0.5) is 11.4 Å². The molecule has 5 rings (SSSR count). The number of methoxy groups -OCH3 is 3. The highest BCUT2D eigenvalue weighted by atomic mass is 16.6. The van der Waals surface area contributed by atoms with Crippen LogP contribution in [0, 0.1) is 0 Å². The topological polar surface area (TPSA) is 133 Å². The van der Waals surface area contributed by atoms with Crippen LogP contribution in [0.5, 0.6) is 28.7 Å². The summed E-state index contributed by atoms with van der Waals surface area (Å²) in [5.74, 6) is 2.58. The standard InChI is InChI=1S/C35H41N3O8/c1-21(39)37-26-12-9-22-18-31(42-2)34(43-3)35(44-4)33(22)24-11-13-27(28(40)20-25(24)26)36-15-7-5-6-8-32(41)38-23-10-14-29-30(19-23)46-17-16-45-29/h10-11,13-14,18-20,26H,5-9,12,15-17H2,1-4H3,(H,36,40)(H,37,39)(H,38,41)/t26-/m0/s1. The largest absolute Gasteiger partial charge is 0.493 e. The van der Waals surface area contributed by atoms with Crippen LogP contribution in [-0.2, 0) is 16.0 Å². The Hall–Kier alpha value is -4.93. The van der Waals surface area contributed by atoms with Gasteiger partial charge in [0.25, 0.3) is 0 Å². The van der Waals surface area contributed by atoms with Crippen molar-refractivity contribution in [1.82, 2.24) is 5.32 Å². The Bertz CT molecular complexity index is 1660. The lowest BCUT2D eigenvalue weighted by Gasteiger charge is -2.19. The van der Waals surface area contributed by atoms with Crippen molar-refractivity contribution in [3.05, 3.63) is 63.8 Å².